The Morgan fingerprint density at radius 1 is 1.33 bits per heavy atom. The van der Waals surface area contributed by atoms with Crippen molar-refractivity contribution >= 4 is 46.6 Å². The molecule has 1 saturated heterocycles. The van der Waals surface area contributed by atoms with E-state index in [0.717, 1.165) is 11.8 Å². The summed E-state index contributed by atoms with van der Waals surface area (Å²) >= 11 is 7.12. The number of ether oxygens (including phenoxy) is 3. The van der Waals surface area contributed by atoms with Crippen molar-refractivity contribution in [1.82, 2.24) is 4.90 Å². The summed E-state index contributed by atoms with van der Waals surface area (Å²) in [5.74, 6) is -0.412. The lowest BCUT2D eigenvalue weighted by Gasteiger charge is -2.19. The number of amides is 2. The first-order valence-electron chi connectivity index (χ1n) is 8.16. The SMILES string of the molecule is CCC(C)N1C(=O)SC(=Cc2cc(Cl)c(OCC(=O)OC)c(OC)c2)C1=O. The van der Waals surface area contributed by atoms with E-state index in [4.69, 9.17) is 21.1 Å². The van der Waals surface area contributed by atoms with Crippen LogP contribution in [-0.4, -0.2) is 48.9 Å². The van der Waals surface area contributed by atoms with Gasteiger partial charge >= 0.3 is 5.97 Å². The Balaban J connectivity index is 2.31. The molecule has 2 rings (SSSR count). The molecule has 1 unspecified atom stereocenters. The molecule has 1 atom stereocenters. The highest BCUT2D eigenvalue weighted by atomic mass is 35.5. The highest BCUT2D eigenvalue weighted by Crippen LogP contribution is 2.39. The predicted molar refractivity (Wildman–Crippen MR) is 103 cm³/mol. The number of esters is 1. The smallest absolute Gasteiger partial charge is 0.343 e. The maximum absolute atomic E-state index is 12.5. The molecule has 0 N–H and O–H groups in total. The molecule has 0 spiro atoms. The average Bonchev–Trinajstić information content (AvgIpc) is 2.92. The fourth-order valence-corrected chi connectivity index (χ4v) is 3.55. The zero-order chi connectivity index (χ0) is 20.1. The fraction of sp³-hybridized carbons (Fsp3) is 0.389. The minimum absolute atomic E-state index is 0.171. The molecule has 1 fully saturated rings. The van der Waals surface area contributed by atoms with E-state index in [2.05, 4.69) is 4.74 Å². The molecule has 0 saturated carbocycles. The molecule has 1 aromatic carbocycles. The number of nitrogens with zero attached hydrogens (tertiary/aromatic N) is 1. The summed E-state index contributed by atoms with van der Waals surface area (Å²) in [6, 6.07) is 3.00. The van der Waals surface area contributed by atoms with Crippen molar-refractivity contribution in [2.24, 2.45) is 0 Å². The Hall–Kier alpha value is -2.19. The van der Waals surface area contributed by atoms with Crippen LogP contribution in [0.15, 0.2) is 17.0 Å². The Morgan fingerprint density at radius 2 is 2.04 bits per heavy atom. The highest BCUT2D eigenvalue weighted by Gasteiger charge is 2.37. The number of carbonyl (C=O) groups excluding carboxylic acids is 3. The summed E-state index contributed by atoms with van der Waals surface area (Å²) in [4.78, 5) is 37.4. The summed E-state index contributed by atoms with van der Waals surface area (Å²) in [6.07, 6.45) is 2.25. The van der Waals surface area contributed by atoms with Crippen molar-refractivity contribution < 1.29 is 28.6 Å². The molecule has 146 valence electrons. The molecule has 0 radical (unpaired) electrons. The van der Waals surface area contributed by atoms with Crippen LogP contribution in [0.2, 0.25) is 5.02 Å². The molecule has 27 heavy (non-hydrogen) atoms. The second-order valence-corrected chi connectivity index (χ2v) is 7.11. The van der Waals surface area contributed by atoms with Gasteiger partial charge < -0.3 is 14.2 Å². The number of hydrogen-bond donors (Lipinski definition) is 0. The van der Waals surface area contributed by atoms with Crippen LogP contribution in [0.3, 0.4) is 0 Å². The summed E-state index contributed by atoms with van der Waals surface area (Å²) in [5, 5.41) is -0.0950. The van der Waals surface area contributed by atoms with Crippen LogP contribution in [0, 0.1) is 0 Å². The van der Waals surface area contributed by atoms with Gasteiger partial charge in [0.25, 0.3) is 11.1 Å². The van der Waals surface area contributed by atoms with Crippen LogP contribution in [-0.2, 0) is 14.3 Å². The quantitative estimate of drug-likeness (QED) is 0.497. The number of thioether (sulfide) groups is 1. The molecular weight excluding hydrogens is 394 g/mol. The summed E-state index contributed by atoms with van der Waals surface area (Å²) in [7, 11) is 2.68. The van der Waals surface area contributed by atoms with Crippen LogP contribution in [0.25, 0.3) is 6.08 Å². The third-order valence-electron chi connectivity index (χ3n) is 3.97. The molecule has 1 aliphatic rings. The van der Waals surface area contributed by atoms with Gasteiger partial charge in [-0.15, -0.1) is 0 Å². The van der Waals surface area contributed by atoms with Crippen molar-refractivity contribution in [1.29, 1.82) is 0 Å². The van der Waals surface area contributed by atoms with Gasteiger partial charge in [-0.2, -0.15) is 0 Å². The van der Waals surface area contributed by atoms with Gasteiger partial charge in [0, 0.05) is 6.04 Å². The minimum atomic E-state index is -0.559. The molecule has 1 aliphatic heterocycles. The third kappa shape index (κ3) is 4.75. The van der Waals surface area contributed by atoms with Gasteiger partial charge in [-0.25, -0.2) is 4.79 Å². The van der Waals surface area contributed by atoms with E-state index >= 15 is 0 Å². The molecule has 9 heteroatoms. The van der Waals surface area contributed by atoms with E-state index in [-0.39, 0.29) is 34.6 Å². The van der Waals surface area contributed by atoms with Crippen LogP contribution in [0.4, 0.5) is 4.79 Å². The average molecular weight is 414 g/mol. The van der Waals surface area contributed by atoms with Crippen molar-refractivity contribution in [3.8, 4) is 11.5 Å². The van der Waals surface area contributed by atoms with Gasteiger partial charge in [0.1, 0.15) is 0 Å². The zero-order valence-electron chi connectivity index (χ0n) is 15.4. The van der Waals surface area contributed by atoms with E-state index in [1.54, 1.807) is 18.2 Å². The number of methoxy groups -OCH3 is 2. The number of rotatable bonds is 7. The van der Waals surface area contributed by atoms with Gasteiger partial charge in [0.05, 0.1) is 24.1 Å². The largest absolute Gasteiger partial charge is 0.493 e. The molecule has 2 amide bonds. The van der Waals surface area contributed by atoms with E-state index < -0.39 is 5.97 Å². The lowest BCUT2D eigenvalue weighted by atomic mass is 10.1. The van der Waals surface area contributed by atoms with Crippen molar-refractivity contribution in [3.63, 3.8) is 0 Å². The summed E-state index contributed by atoms with van der Waals surface area (Å²) in [6.45, 7) is 3.42. The van der Waals surface area contributed by atoms with Gasteiger partial charge in [0.15, 0.2) is 18.1 Å². The van der Waals surface area contributed by atoms with E-state index in [1.165, 1.54) is 19.1 Å². The maximum atomic E-state index is 12.5. The van der Waals surface area contributed by atoms with Crippen molar-refractivity contribution in [2.75, 3.05) is 20.8 Å². The van der Waals surface area contributed by atoms with E-state index in [0.29, 0.717) is 22.6 Å². The van der Waals surface area contributed by atoms with Crippen LogP contribution in [0.1, 0.15) is 25.8 Å². The lowest BCUT2D eigenvalue weighted by Crippen LogP contribution is -2.36. The molecular formula is C18H20ClNO6S. The topological polar surface area (TPSA) is 82.1 Å². The maximum Gasteiger partial charge on any atom is 0.343 e. The molecule has 1 aromatic rings. The van der Waals surface area contributed by atoms with Gasteiger partial charge in [0.2, 0.25) is 0 Å². The molecule has 1 heterocycles. The van der Waals surface area contributed by atoms with Gasteiger partial charge in [-0.1, -0.05) is 18.5 Å². The van der Waals surface area contributed by atoms with Crippen molar-refractivity contribution in [2.45, 2.75) is 26.3 Å². The van der Waals surface area contributed by atoms with E-state index in [1.807, 2.05) is 13.8 Å². The Bertz CT molecular complexity index is 794. The van der Waals surface area contributed by atoms with Crippen LogP contribution in [0.5, 0.6) is 11.5 Å². The van der Waals surface area contributed by atoms with Crippen LogP contribution >= 0.6 is 23.4 Å². The first kappa shape index (κ1) is 21.1. The minimum Gasteiger partial charge on any atom is -0.493 e. The standard InChI is InChI=1S/C18H20ClNO6S/c1-5-10(2)20-17(22)14(27-18(20)23)8-11-6-12(19)16(13(7-11)24-3)26-9-15(21)25-4/h6-8,10H,5,9H2,1-4H3. The van der Waals surface area contributed by atoms with Crippen LogP contribution < -0.4 is 9.47 Å². The third-order valence-corrected chi connectivity index (χ3v) is 5.13. The molecule has 0 bridgehead atoms. The monoisotopic (exact) mass is 413 g/mol. The number of hydrogen-bond acceptors (Lipinski definition) is 7. The zero-order valence-corrected chi connectivity index (χ0v) is 17.0. The first-order valence-corrected chi connectivity index (χ1v) is 9.36. The Labute approximate surface area is 166 Å². The Kier molecular flexibility index (Phi) is 7.15. The first-order chi connectivity index (χ1) is 12.8. The van der Waals surface area contributed by atoms with E-state index in [9.17, 15) is 14.4 Å². The lowest BCUT2D eigenvalue weighted by molar-refractivity contribution is -0.142. The fourth-order valence-electron chi connectivity index (χ4n) is 2.35. The Morgan fingerprint density at radius 3 is 2.63 bits per heavy atom. The van der Waals surface area contributed by atoms with Crippen molar-refractivity contribution in [3.05, 3.63) is 27.6 Å². The predicted octanol–water partition coefficient (Wildman–Crippen LogP) is 3.74. The number of carbonyl (C=O) groups is 3. The molecule has 0 aromatic heterocycles. The second kappa shape index (κ2) is 9.14. The summed E-state index contributed by atoms with van der Waals surface area (Å²) < 4.78 is 15.1. The summed E-state index contributed by atoms with van der Waals surface area (Å²) in [5.41, 5.74) is 0.567. The second-order valence-electron chi connectivity index (χ2n) is 5.71. The van der Waals surface area contributed by atoms with Gasteiger partial charge in [-0.3, -0.25) is 14.5 Å². The normalized spacial score (nSPS) is 16.6. The highest BCUT2D eigenvalue weighted by molar-refractivity contribution is 8.18. The number of benzene rings is 1. The number of halogens is 1. The number of imide groups is 1. The molecule has 0 aliphatic carbocycles. The molecule has 7 nitrogen and oxygen atoms in total. The van der Waals surface area contributed by atoms with Gasteiger partial charge in [-0.05, 0) is 48.9 Å².